The molecule has 12 heteroatoms. The lowest BCUT2D eigenvalue weighted by atomic mass is 10.1. The highest BCUT2D eigenvalue weighted by atomic mass is 19.4. The van der Waals surface area contributed by atoms with Crippen molar-refractivity contribution in [2.45, 2.75) is 6.18 Å². The Kier molecular flexibility index (Phi) is 5.78. The van der Waals surface area contributed by atoms with Crippen LogP contribution < -0.4 is 11.0 Å². The van der Waals surface area contributed by atoms with E-state index in [2.05, 4.69) is 20.5 Å². The van der Waals surface area contributed by atoms with Crippen LogP contribution in [-0.2, 0) is 6.18 Å². The third kappa shape index (κ3) is 4.56. The SMILES string of the molecule is N#Cc1c(-c2ccccc2)nc(NN=Cc2cccc(C(F)(F)F)c2[N+](=O)[O-])[nH]c1=O. The van der Waals surface area contributed by atoms with Gasteiger partial charge in [-0.3, -0.25) is 19.9 Å². The number of hydrogen-bond acceptors (Lipinski definition) is 7. The van der Waals surface area contributed by atoms with E-state index in [1.807, 2.05) is 0 Å². The van der Waals surface area contributed by atoms with Crippen molar-refractivity contribution >= 4 is 17.9 Å². The monoisotopic (exact) mass is 428 g/mol. The number of para-hydroxylation sites is 1. The Hall–Kier alpha value is -4.53. The third-order valence-corrected chi connectivity index (χ3v) is 4.01. The molecule has 0 atom stereocenters. The first-order valence-electron chi connectivity index (χ1n) is 8.46. The second-order valence-corrected chi connectivity index (χ2v) is 5.98. The van der Waals surface area contributed by atoms with Crippen LogP contribution in [0.4, 0.5) is 24.8 Å². The number of halogens is 3. The zero-order valence-corrected chi connectivity index (χ0v) is 15.3. The number of aromatic amines is 1. The van der Waals surface area contributed by atoms with Gasteiger partial charge in [-0.2, -0.15) is 23.5 Å². The molecule has 156 valence electrons. The second kappa shape index (κ2) is 8.46. The van der Waals surface area contributed by atoms with Crippen LogP contribution in [0.15, 0.2) is 58.4 Å². The number of hydrazone groups is 1. The van der Waals surface area contributed by atoms with Crippen LogP contribution in [-0.4, -0.2) is 21.1 Å². The molecule has 1 heterocycles. The summed E-state index contributed by atoms with van der Waals surface area (Å²) in [6, 6.07) is 12.8. The highest BCUT2D eigenvalue weighted by molar-refractivity contribution is 5.86. The Labute approximate surface area is 171 Å². The normalized spacial score (nSPS) is 11.3. The van der Waals surface area contributed by atoms with Crippen LogP contribution in [0.2, 0.25) is 0 Å². The summed E-state index contributed by atoms with van der Waals surface area (Å²) in [6.45, 7) is 0. The van der Waals surface area contributed by atoms with E-state index in [4.69, 9.17) is 0 Å². The minimum Gasteiger partial charge on any atom is -0.290 e. The van der Waals surface area contributed by atoms with Gasteiger partial charge in [-0.15, -0.1) is 0 Å². The molecule has 0 spiro atoms. The van der Waals surface area contributed by atoms with E-state index >= 15 is 0 Å². The molecule has 1 aromatic heterocycles. The molecule has 0 aliphatic rings. The maximum absolute atomic E-state index is 13.1. The van der Waals surface area contributed by atoms with Crippen LogP contribution in [0.3, 0.4) is 0 Å². The number of rotatable bonds is 5. The molecule has 3 aromatic rings. The van der Waals surface area contributed by atoms with Crippen molar-refractivity contribution in [1.29, 1.82) is 5.26 Å². The number of hydrogen-bond donors (Lipinski definition) is 2. The first kappa shape index (κ1) is 21.2. The van der Waals surface area contributed by atoms with E-state index in [1.165, 1.54) is 0 Å². The van der Waals surface area contributed by atoms with E-state index in [9.17, 15) is 33.3 Å². The highest BCUT2D eigenvalue weighted by Crippen LogP contribution is 2.37. The summed E-state index contributed by atoms with van der Waals surface area (Å²) in [5, 5.41) is 24.1. The average molecular weight is 428 g/mol. The fourth-order valence-electron chi connectivity index (χ4n) is 2.70. The Morgan fingerprint density at radius 1 is 1.19 bits per heavy atom. The van der Waals surface area contributed by atoms with Crippen molar-refractivity contribution in [3.8, 4) is 17.3 Å². The number of nitriles is 1. The molecule has 0 aliphatic heterocycles. The Morgan fingerprint density at radius 2 is 1.90 bits per heavy atom. The molecule has 0 bridgehead atoms. The molecule has 0 aliphatic carbocycles. The van der Waals surface area contributed by atoms with Gasteiger partial charge >= 0.3 is 6.18 Å². The Bertz CT molecular complexity index is 1260. The van der Waals surface area contributed by atoms with Gasteiger partial charge in [0.2, 0.25) is 5.95 Å². The first-order valence-corrected chi connectivity index (χ1v) is 8.46. The van der Waals surface area contributed by atoms with E-state index in [0.717, 1.165) is 18.3 Å². The van der Waals surface area contributed by atoms with Crippen molar-refractivity contribution in [2.75, 3.05) is 5.43 Å². The van der Waals surface area contributed by atoms with E-state index < -0.39 is 33.5 Å². The molecule has 2 aromatic carbocycles. The molecule has 31 heavy (non-hydrogen) atoms. The fourth-order valence-corrected chi connectivity index (χ4v) is 2.70. The minimum absolute atomic E-state index is 0.0644. The summed E-state index contributed by atoms with van der Waals surface area (Å²) < 4.78 is 39.2. The molecule has 0 unspecified atom stereocenters. The predicted molar refractivity (Wildman–Crippen MR) is 104 cm³/mol. The number of nitro benzene ring substituents is 1. The number of anilines is 1. The smallest absolute Gasteiger partial charge is 0.290 e. The first-order chi connectivity index (χ1) is 14.7. The zero-order valence-electron chi connectivity index (χ0n) is 15.3. The number of nitrogens with one attached hydrogen (secondary N) is 2. The largest absolute Gasteiger partial charge is 0.423 e. The molecular formula is C19H11F3N6O3. The molecule has 0 radical (unpaired) electrons. The Balaban J connectivity index is 1.98. The summed E-state index contributed by atoms with van der Waals surface area (Å²) in [7, 11) is 0. The van der Waals surface area contributed by atoms with Crippen molar-refractivity contribution < 1.29 is 18.1 Å². The topological polar surface area (TPSA) is 137 Å². The van der Waals surface area contributed by atoms with E-state index in [-0.39, 0.29) is 17.2 Å². The van der Waals surface area contributed by atoms with Crippen LogP contribution >= 0.6 is 0 Å². The number of nitrogens with zero attached hydrogens (tertiary/aromatic N) is 4. The minimum atomic E-state index is -4.93. The van der Waals surface area contributed by atoms with Crippen LogP contribution in [0.1, 0.15) is 16.7 Å². The summed E-state index contributed by atoms with van der Waals surface area (Å²) in [6.07, 6.45) is -4.13. The van der Waals surface area contributed by atoms with Gasteiger partial charge in [-0.1, -0.05) is 36.4 Å². The van der Waals surface area contributed by atoms with Gasteiger partial charge in [-0.05, 0) is 12.1 Å². The predicted octanol–water partition coefficient (Wildman–Crippen LogP) is 3.68. The van der Waals surface area contributed by atoms with Gasteiger partial charge in [0.1, 0.15) is 17.2 Å². The van der Waals surface area contributed by atoms with Gasteiger partial charge in [0.15, 0.2) is 0 Å². The second-order valence-electron chi connectivity index (χ2n) is 5.98. The lowest BCUT2D eigenvalue weighted by molar-refractivity contribution is -0.388. The molecule has 0 saturated heterocycles. The summed E-state index contributed by atoms with van der Waals surface area (Å²) in [5.74, 6) is -0.214. The van der Waals surface area contributed by atoms with Crippen molar-refractivity contribution in [2.24, 2.45) is 5.10 Å². The van der Waals surface area contributed by atoms with Gasteiger partial charge in [0.25, 0.3) is 11.2 Å². The van der Waals surface area contributed by atoms with Crippen LogP contribution in [0.25, 0.3) is 11.3 Å². The molecule has 0 saturated carbocycles. The van der Waals surface area contributed by atoms with Crippen LogP contribution in [0.5, 0.6) is 0 Å². The maximum Gasteiger partial charge on any atom is 0.423 e. The molecule has 2 N–H and O–H groups in total. The third-order valence-electron chi connectivity index (χ3n) is 4.01. The molecule has 9 nitrogen and oxygen atoms in total. The quantitative estimate of drug-likeness (QED) is 0.361. The van der Waals surface area contributed by atoms with Crippen LogP contribution in [0, 0.1) is 21.4 Å². The van der Waals surface area contributed by atoms with Crippen molar-refractivity contribution in [1.82, 2.24) is 9.97 Å². The average Bonchev–Trinajstić information content (AvgIpc) is 2.73. The molecule has 0 fully saturated rings. The molecule has 0 amide bonds. The van der Waals surface area contributed by atoms with Gasteiger partial charge < -0.3 is 0 Å². The van der Waals surface area contributed by atoms with Crippen molar-refractivity contribution in [3.05, 3.63) is 85.7 Å². The number of benzene rings is 2. The van der Waals surface area contributed by atoms with E-state index in [0.29, 0.717) is 11.6 Å². The fraction of sp³-hybridized carbons (Fsp3) is 0.0526. The summed E-state index contributed by atoms with van der Waals surface area (Å²) >= 11 is 0. The molecule has 3 rings (SSSR count). The number of nitro groups is 1. The van der Waals surface area contributed by atoms with Gasteiger partial charge in [-0.25, -0.2) is 10.4 Å². The van der Waals surface area contributed by atoms with E-state index in [1.54, 1.807) is 36.4 Å². The zero-order chi connectivity index (χ0) is 22.6. The Morgan fingerprint density at radius 3 is 2.52 bits per heavy atom. The number of alkyl halides is 3. The maximum atomic E-state index is 13.1. The van der Waals surface area contributed by atoms with Gasteiger partial charge in [0, 0.05) is 5.56 Å². The summed E-state index contributed by atoms with van der Waals surface area (Å²) in [5.41, 5.74) is -1.14. The number of aromatic nitrogens is 2. The van der Waals surface area contributed by atoms with Crippen molar-refractivity contribution in [3.63, 3.8) is 0 Å². The molecular weight excluding hydrogens is 417 g/mol. The highest BCUT2D eigenvalue weighted by Gasteiger charge is 2.39. The lowest BCUT2D eigenvalue weighted by Crippen LogP contribution is -2.16. The summed E-state index contributed by atoms with van der Waals surface area (Å²) in [4.78, 5) is 28.6. The lowest BCUT2D eigenvalue weighted by Gasteiger charge is -2.08. The number of H-pyrrole nitrogens is 1. The standard InChI is InChI=1S/C19H11F3N6O3/c20-19(21,22)14-8-4-7-12(16(14)28(30)31)10-24-27-18-25-15(11-5-2-1-3-6-11)13(9-23)17(29)26-18/h1-8,10H,(H2,25,26,27,29). The van der Waals surface area contributed by atoms with Gasteiger partial charge in [0.05, 0.1) is 22.4 Å².